The molecule has 0 aliphatic heterocycles. The van der Waals surface area contributed by atoms with Crippen molar-refractivity contribution < 1.29 is 31.5 Å². The second kappa shape index (κ2) is 6.45. The van der Waals surface area contributed by atoms with Crippen LogP contribution in [0.2, 0.25) is 0 Å². The van der Waals surface area contributed by atoms with Crippen molar-refractivity contribution in [2.75, 3.05) is 5.32 Å². The molecule has 0 saturated carbocycles. The van der Waals surface area contributed by atoms with Crippen molar-refractivity contribution in [2.24, 2.45) is 7.05 Å². The zero-order chi connectivity index (χ0) is 19.9. The molecule has 5 nitrogen and oxygen atoms in total. The van der Waals surface area contributed by atoms with Crippen molar-refractivity contribution >= 4 is 28.8 Å². The summed E-state index contributed by atoms with van der Waals surface area (Å²) in [5.41, 5.74) is -1.93. The fourth-order valence-electron chi connectivity index (χ4n) is 2.54. The van der Waals surface area contributed by atoms with Crippen LogP contribution in [-0.2, 0) is 13.2 Å². The Bertz CT molecular complexity index is 1070. The fraction of sp³-hybridized carbons (Fsp3) is 0.118. The van der Waals surface area contributed by atoms with Crippen molar-refractivity contribution in [3.8, 4) is 0 Å². The number of amides is 1. The molecule has 140 valence electrons. The van der Waals surface area contributed by atoms with Crippen LogP contribution in [0.4, 0.5) is 27.6 Å². The van der Waals surface area contributed by atoms with Gasteiger partial charge in [0.1, 0.15) is 11.3 Å². The summed E-state index contributed by atoms with van der Waals surface area (Å²) in [5.74, 6) is -3.06. The van der Waals surface area contributed by atoms with Gasteiger partial charge in [-0.25, -0.2) is 9.07 Å². The highest BCUT2D eigenvalue weighted by molar-refractivity contribution is 6.07. The first-order chi connectivity index (χ1) is 12.6. The molecule has 0 radical (unpaired) electrons. The lowest BCUT2D eigenvalue weighted by Crippen LogP contribution is -2.15. The number of carbonyl (C=O) groups excluding carboxylic acids is 2. The molecule has 0 bridgehead atoms. The first kappa shape index (κ1) is 18.5. The average Bonchev–Trinajstić information content (AvgIpc) is 2.88. The van der Waals surface area contributed by atoms with E-state index in [2.05, 4.69) is 10.4 Å². The number of rotatable bonds is 3. The molecule has 0 fully saturated rings. The topological polar surface area (TPSA) is 64.0 Å². The molecule has 0 aliphatic rings. The first-order valence-corrected chi connectivity index (χ1v) is 7.40. The second-order valence-corrected chi connectivity index (χ2v) is 5.67. The summed E-state index contributed by atoms with van der Waals surface area (Å²) >= 11 is 0. The Morgan fingerprint density at radius 1 is 1.15 bits per heavy atom. The van der Waals surface area contributed by atoms with Crippen LogP contribution in [0.15, 0.2) is 30.3 Å². The molecule has 1 heterocycles. The fourth-order valence-corrected chi connectivity index (χ4v) is 2.54. The summed E-state index contributed by atoms with van der Waals surface area (Å²) in [5, 5.41) is 6.00. The van der Waals surface area contributed by atoms with Gasteiger partial charge in [-0.2, -0.15) is 22.7 Å². The van der Waals surface area contributed by atoms with Gasteiger partial charge in [0.15, 0.2) is 6.29 Å². The first-order valence-electron chi connectivity index (χ1n) is 7.40. The van der Waals surface area contributed by atoms with Crippen LogP contribution in [0, 0.1) is 11.8 Å². The molecule has 0 unspecified atom stereocenters. The zero-order valence-electron chi connectivity index (χ0n) is 13.6. The highest BCUT2D eigenvalue weighted by atomic mass is 19.4. The number of halogens is 5. The third-order valence-electron chi connectivity index (χ3n) is 3.77. The number of aldehydes is 1. The predicted molar refractivity (Wildman–Crippen MR) is 85.4 cm³/mol. The van der Waals surface area contributed by atoms with Gasteiger partial charge in [-0.15, -0.1) is 0 Å². The Balaban J connectivity index is 2.00. The Kier molecular flexibility index (Phi) is 4.42. The number of carbonyl (C=O) groups is 2. The Labute approximate surface area is 148 Å². The lowest BCUT2D eigenvalue weighted by Gasteiger charge is -2.10. The molecular weight excluding hydrogens is 373 g/mol. The third-order valence-corrected chi connectivity index (χ3v) is 3.77. The maximum atomic E-state index is 14.0. The summed E-state index contributed by atoms with van der Waals surface area (Å²) in [4.78, 5) is 23.4. The molecular formula is C17H10F5N3O2. The zero-order valence-corrected chi connectivity index (χ0v) is 13.6. The van der Waals surface area contributed by atoms with Crippen molar-refractivity contribution in [3.05, 3.63) is 58.8 Å². The van der Waals surface area contributed by atoms with Crippen LogP contribution in [0.25, 0.3) is 10.9 Å². The summed E-state index contributed by atoms with van der Waals surface area (Å²) in [7, 11) is 1.31. The third kappa shape index (κ3) is 3.50. The van der Waals surface area contributed by atoms with Crippen molar-refractivity contribution in [2.45, 2.75) is 6.18 Å². The number of nitrogens with zero attached hydrogens (tertiary/aromatic N) is 2. The van der Waals surface area contributed by atoms with E-state index in [1.165, 1.54) is 19.2 Å². The molecule has 27 heavy (non-hydrogen) atoms. The van der Waals surface area contributed by atoms with E-state index in [9.17, 15) is 31.5 Å². The maximum Gasteiger partial charge on any atom is 0.416 e. The van der Waals surface area contributed by atoms with Crippen molar-refractivity contribution in [1.29, 1.82) is 0 Å². The second-order valence-electron chi connectivity index (χ2n) is 5.67. The molecule has 10 heteroatoms. The molecule has 3 rings (SSSR count). The highest BCUT2D eigenvalue weighted by Crippen LogP contribution is 2.31. The standard InChI is InChI=1S/C17H10F5N3O2/c1-25-15(19)13-6-12(4-9(7-26)14(13)24-25)23-16(27)8-2-10(17(20,21)22)5-11(18)3-8/h2-7H,1H3,(H,23,27). The van der Waals surface area contributed by atoms with Crippen LogP contribution in [0.1, 0.15) is 26.3 Å². The molecule has 0 spiro atoms. The van der Waals surface area contributed by atoms with E-state index in [0.29, 0.717) is 18.4 Å². The van der Waals surface area contributed by atoms with E-state index >= 15 is 0 Å². The van der Waals surface area contributed by atoms with Gasteiger partial charge >= 0.3 is 6.18 Å². The van der Waals surface area contributed by atoms with Crippen LogP contribution >= 0.6 is 0 Å². The number of hydrogen-bond donors (Lipinski definition) is 1. The molecule has 1 aromatic heterocycles. The van der Waals surface area contributed by atoms with Crippen molar-refractivity contribution in [3.63, 3.8) is 0 Å². The van der Waals surface area contributed by atoms with Gasteiger partial charge in [0.2, 0.25) is 5.95 Å². The highest BCUT2D eigenvalue weighted by Gasteiger charge is 2.32. The Morgan fingerprint density at radius 3 is 2.48 bits per heavy atom. The Morgan fingerprint density at radius 2 is 1.85 bits per heavy atom. The SMILES string of the molecule is Cn1nc2c(C=O)cc(NC(=O)c3cc(F)cc(C(F)(F)F)c3)cc2c1F. The van der Waals surface area contributed by atoms with Gasteiger partial charge in [-0.1, -0.05) is 0 Å². The smallest absolute Gasteiger partial charge is 0.322 e. The van der Waals surface area contributed by atoms with Crippen LogP contribution < -0.4 is 5.32 Å². The van der Waals surface area contributed by atoms with E-state index < -0.39 is 35.0 Å². The summed E-state index contributed by atoms with van der Waals surface area (Å²) in [6.07, 6.45) is -4.44. The van der Waals surface area contributed by atoms with E-state index in [1.807, 2.05) is 0 Å². The summed E-state index contributed by atoms with van der Waals surface area (Å²) in [6, 6.07) is 3.74. The lowest BCUT2D eigenvalue weighted by molar-refractivity contribution is -0.137. The van der Waals surface area contributed by atoms with Crippen molar-refractivity contribution in [1.82, 2.24) is 9.78 Å². The monoisotopic (exact) mass is 383 g/mol. The maximum absolute atomic E-state index is 14.0. The van der Waals surface area contributed by atoms with Gasteiger partial charge in [0.25, 0.3) is 5.91 Å². The quantitative estimate of drug-likeness (QED) is 0.551. The van der Waals surface area contributed by atoms with E-state index in [0.717, 1.165) is 4.68 Å². The lowest BCUT2D eigenvalue weighted by atomic mass is 10.1. The number of alkyl halides is 3. The molecule has 2 aromatic carbocycles. The molecule has 1 amide bonds. The molecule has 1 N–H and O–H groups in total. The molecule has 0 atom stereocenters. The summed E-state index contributed by atoms with van der Waals surface area (Å²) < 4.78 is 66.7. The number of anilines is 1. The minimum Gasteiger partial charge on any atom is -0.322 e. The van der Waals surface area contributed by atoms with E-state index in [-0.39, 0.29) is 28.2 Å². The minimum atomic E-state index is -4.83. The largest absolute Gasteiger partial charge is 0.416 e. The predicted octanol–water partition coefficient (Wildman–Crippen LogP) is 3.94. The number of hydrogen-bond acceptors (Lipinski definition) is 3. The number of aromatic nitrogens is 2. The van der Waals surface area contributed by atoms with E-state index in [4.69, 9.17) is 0 Å². The van der Waals surface area contributed by atoms with Gasteiger partial charge in [0, 0.05) is 23.9 Å². The van der Waals surface area contributed by atoms with Crippen LogP contribution in [-0.4, -0.2) is 22.0 Å². The molecule has 3 aromatic rings. The number of nitrogens with one attached hydrogen (secondary N) is 1. The summed E-state index contributed by atoms with van der Waals surface area (Å²) in [6.45, 7) is 0. The average molecular weight is 383 g/mol. The minimum absolute atomic E-state index is 0.0301. The normalized spacial score (nSPS) is 11.6. The number of benzene rings is 2. The van der Waals surface area contributed by atoms with Gasteiger partial charge in [-0.3, -0.25) is 9.59 Å². The van der Waals surface area contributed by atoms with E-state index in [1.54, 1.807) is 0 Å². The molecule has 0 saturated heterocycles. The molecule has 0 aliphatic carbocycles. The Hall–Kier alpha value is -3.30. The number of aryl methyl sites for hydroxylation is 1. The van der Waals surface area contributed by atoms with Gasteiger partial charge < -0.3 is 5.32 Å². The number of fused-ring (bicyclic) bond motifs is 1. The van der Waals surface area contributed by atoms with Gasteiger partial charge in [0.05, 0.1) is 10.9 Å². The van der Waals surface area contributed by atoms with Crippen LogP contribution in [0.3, 0.4) is 0 Å². The van der Waals surface area contributed by atoms with Gasteiger partial charge in [-0.05, 0) is 30.3 Å². The van der Waals surface area contributed by atoms with Crippen LogP contribution in [0.5, 0.6) is 0 Å².